The molecule has 0 aliphatic rings. The molecule has 0 saturated carbocycles. The molecule has 0 aliphatic carbocycles. The van der Waals surface area contributed by atoms with Gasteiger partial charge in [-0.25, -0.2) is 0 Å². The first-order valence-corrected chi connectivity index (χ1v) is 13.1. The third-order valence-electron chi connectivity index (χ3n) is 6.56. The third kappa shape index (κ3) is 6.87. The zero-order chi connectivity index (χ0) is 28.6. The Bertz CT molecular complexity index is 1640. The highest BCUT2D eigenvalue weighted by Crippen LogP contribution is 2.27. The molecule has 0 bridgehead atoms. The van der Waals surface area contributed by atoms with Gasteiger partial charge in [0.25, 0.3) is 0 Å². The molecule has 5 rings (SSSR count). The molecule has 41 heavy (non-hydrogen) atoms. The molecule has 6 nitrogen and oxygen atoms in total. The van der Waals surface area contributed by atoms with Crippen molar-refractivity contribution in [3.8, 4) is 17.2 Å². The van der Waals surface area contributed by atoms with Gasteiger partial charge in [0.15, 0.2) is 11.6 Å². The van der Waals surface area contributed by atoms with Gasteiger partial charge in [0.2, 0.25) is 0 Å². The van der Waals surface area contributed by atoms with E-state index in [1.165, 1.54) is 6.07 Å². The number of benzene rings is 5. The Morgan fingerprint density at radius 2 is 0.976 bits per heavy atom. The van der Waals surface area contributed by atoms with Crippen molar-refractivity contribution in [2.45, 2.75) is 19.8 Å². The molecule has 0 atom stereocenters. The van der Waals surface area contributed by atoms with Crippen molar-refractivity contribution < 1.29 is 29.3 Å². The van der Waals surface area contributed by atoms with E-state index in [4.69, 9.17) is 9.47 Å². The molecule has 0 heterocycles. The van der Waals surface area contributed by atoms with Gasteiger partial charge in [-0.15, -0.1) is 0 Å². The molecule has 2 N–H and O–H groups in total. The van der Waals surface area contributed by atoms with E-state index in [2.05, 4.69) is 0 Å². The normalized spacial score (nSPS) is 10.7. The first-order chi connectivity index (χ1) is 20.0. The summed E-state index contributed by atoms with van der Waals surface area (Å²) < 4.78 is 11.6. The number of phenols is 2. The lowest BCUT2D eigenvalue weighted by Crippen LogP contribution is -2.02. The standard InChI is InChI=1S/C35H28O6/c36-32-19-26(15-17-30(32)34(38)27-7-3-1-4-8-27)22-40-21-24-11-13-25(14-12-24)23-41-29-16-18-31(33(37)20-29)35(39)28-9-5-2-6-10-28/h1-20,36-37H,21-23H2. The van der Waals surface area contributed by atoms with Crippen LogP contribution >= 0.6 is 0 Å². The van der Waals surface area contributed by atoms with Crippen LogP contribution in [0.15, 0.2) is 121 Å². The number of ether oxygens (including phenoxy) is 2. The van der Waals surface area contributed by atoms with Crippen LogP contribution in [0.4, 0.5) is 0 Å². The molecular formula is C35H28O6. The van der Waals surface area contributed by atoms with Gasteiger partial charge in [-0.2, -0.15) is 0 Å². The van der Waals surface area contributed by atoms with Gasteiger partial charge in [-0.3, -0.25) is 9.59 Å². The van der Waals surface area contributed by atoms with Crippen LogP contribution in [0.1, 0.15) is 48.5 Å². The summed E-state index contributed by atoms with van der Waals surface area (Å²) in [5.41, 5.74) is 4.16. The fourth-order valence-corrected chi connectivity index (χ4v) is 4.33. The van der Waals surface area contributed by atoms with Crippen LogP contribution in [0, 0.1) is 0 Å². The van der Waals surface area contributed by atoms with Gasteiger partial charge in [0, 0.05) is 17.2 Å². The third-order valence-corrected chi connectivity index (χ3v) is 6.56. The fourth-order valence-electron chi connectivity index (χ4n) is 4.33. The summed E-state index contributed by atoms with van der Waals surface area (Å²) in [6, 6.07) is 35.0. The predicted molar refractivity (Wildman–Crippen MR) is 155 cm³/mol. The topological polar surface area (TPSA) is 93.1 Å². The number of ketones is 2. The van der Waals surface area contributed by atoms with Gasteiger partial charge in [-0.1, -0.05) is 91.0 Å². The summed E-state index contributed by atoms with van der Waals surface area (Å²) in [4.78, 5) is 25.2. The highest BCUT2D eigenvalue weighted by Gasteiger charge is 2.15. The Balaban J connectivity index is 1.10. The Kier molecular flexibility index (Phi) is 8.52. The second-order valence-electron chi connectivity index (χ2n) is 9.52. The lowest BCUT2D eigenvalue weighted by atomic mass is 10.0. The molecule has 0 aliphatic heterocycles. The van der Waals surface area contributed by atoms with E-state index in [0.29, 0.717) is 30.1 Å². The van der Waals surface area contributed by atoms with Crippen molar-refractivity contribution in [2.75, 3.05) is 0 Å². The van der Waals surface area contributed by atoms with E-state index in [1.54, 1.807) is 78.9 Å². The van der Waals surface area contributed by atoms with Crippen molar-refractivity contribution in [3.63, 3.8) is 0 Å². The van der Waals surface area contributed by atoms with E-state index in [0.717, 1.165) is 16.7 Å². The minimum absolute atomic E-state index is 0.0740. The van der Waals surface area contributed by atoms with E-state index in [1.807, 2.05) is 36.4 Å². The van der Waals surface area contributed by atoms with Gasteiger partial charge in [0.1, 0.15) is 23.9 Å². The smallest absolute Gasteiger partial charge is 0.196 e. The lowest BCUT2D eigenvalue weighted by Gasteiger charge is -2.10. The van der Waals surface area contributed by atoms with Crippen LogP contribution in [-0.4, -0.2) is 21.8 Å². The van der Waals surface area contributed by atoms with Crippen molar-refractivity contribution in [1.29, 1.82) is 0 Å². The van der Waals surface area contributed by atoms with Gasteiger partial charge >= 0.3 is 0 Å². The maximum absolute atomic E-state index is 12.6. The average Bonchev–Trinajstić information content (AvgIpc) is 3.01. The van der Waals surface area contributed by atoms with Gasteiger partial charge in [-0.05, 0) is 41.0 Å². The van der Waals surface area contributed by atoms with Crippen LogP contribution < -0.4 is 4.74 Å². The van der Waals surface area contributed by atoms with Crippen LogP contribution in [0.25, 0.3) is 0 Å². The number of phenolic OH excluding ortho intramolecular Hbond substituents is 2. The number of carbonyl (C=O) groups excluding carboxylic acids is 2. The SMILES string of the molecule is O=C(c1ccccc1)c1ccc(COCc2ccc(COc3ccc(C(=O)c4ccccc4)c(O)c3)cc2)cc1O. The fraction of sp³-hybridized carbons (Fsp3) is 0.0857. The Labute approximate surface area is 238 Å². The quantitative estimate of drug-likeness (QED) is 0.177. The van der Waals surface area contributed by atoms with Crippen molar-refractivity contribution in [3.05, 3.63) is 160 Å². The zero-order valence-corrected chi connectivity index (χ0v) is 22.2. The molecule has 0 amide bonds. The molecule has 0 spiro atoms. The van der Waals surface area contributed by atoms with E-state index >= 15 is 0 Å². The molecule has 0 aromatic heterocycles. The Hall–Kier alpha value is -5.20. The van der Waals surface area contributed by atoms with Crippen LogP contribution in [0.5, 0.6) is 17.2 Å². The molecule has 0 fully saturated rings. The van der Waals surface area contributed by atoms with Crippen molar-refractivity contribution in [2.24, 2.45) is 0 Å². The zero-order valence-electron chi connectivity index (χ0n) is 22.2. The second kappa shape index (κ2) is 12.8. The number of carbonyl (C=O) groups is 2. The van der Waals surface area contributed by atoms with Gasteiger partial charge < -0.3 is 19.7 Å². The molecule has 5 aromatic carbocycles. The maximum atomic E-state index is 12.6. The average molecular weight is 545 g/mol. The number of aromatic hydroxyl groups is 2. The minimum Gasteiger partial charge on any atom is -0.507 e. The van der Waals surface area contributed by atoms with Crippen LogP contribution in [-0.2, 0) is 24.6 Å². The summed E-state index contributed by atoms with van der Waals surface area (Å²) in [5.74, 6) is -0.227. The van der Waals surface area contributed by atoms with Crippen molar-refractivity contribution in [1.82, 2.24) is 0 Å². The summed E-state index contributed by atoms with van der Waals surface area (Å²) in [6.07, 6.45) is 0. The number of hydrogen-bond acceptors (Lipinski definition) is 6. The Morgan fingerprint density at radius 3 is 1.51 bits per heavy atom. The maximum Gasteiger partial charge on any atom is 0.196 e. The minimum atomic E-state index is -0.251. The van der Waals surface area contributed by atoms with Crippen LogP contribution in [0.3, 0.4) is 0 Å². The Morgan fingerprint density at radius 1 is 0.512 bits per heavy atom. The highest BCUT2D eigenvalue weighted by atomic mass is 16.5. The first-order valence-electron chi connectivity index (χ1n) is 13.1. The highest BCUT2D eigenvalue weighted by molar-refractivity contribution is 6.11. The van der Waals surface area contributed by atoms with Crippen LogP contribution in [0.2, 0.25) is 0 Å². The molecule has 204 valence electrons. The molecule has 6 heteroatoms. The molecule has 0 unspecified atom stereocenters. The van der Waals surface area contributed by atoms with E-state index in [9.17, 15) is 19.8 Å². The summed E-state index contributed by atoms with van der Waals surface area (Å²) in [7, 11) is 0. The van der Waals surface area contributed by atoms with E-state index < -0.39 is 0 Å². The second-order valence-corrected chi connectivity index (χ2v) is 9.52. The molecule has 0 radical (unpaired) electrons. The largest absolute Gasteiger partial charge is 0.507 e. The summed E-state index contributed by atoms with van der Waals surface area (Å²) in [5, 5.41) is 20.8. The first kappa shape index (κ1) is 27.4. The number of rotatable bonds is 11. The van der Waals surface area contributed by atoms with Gasteiger partial charge in [0.05, 0.1) is 24.3 Å². The predicted octanol–water partition coefficient (Wildman–Crippen LogP) is 6.86. The summed E-state index contributed by atoms with van der Waals surface area (Å²) in [6.45, 7) is 0.946. The monoisotopic (exact) mass is 544 g/mol. The molecule has 5 aromatic rings. The summed E-state index contributed by atoms with van der Waals surface area (Å²) >= 11 is 0. The number of hydrogen-bond donors (Lipinski definition) is 2. The lowest BCUT2D eigenvalue weighted by molar-refractivity contribution is 0.102. The van der Waals surface area contributed by atoms with E-state index in [-0.39, 0.29) is 40.8 Å². The molecular weight excluding hydrogens is 516 g/mol. The van der Waals surface area contributed by atoms with Crippen molar-refractivity contribution >= 4 is 11.6 Å². The molecule has 0 saturated heterocycles.